The van der Waals surface area contributed by atoms with Gasteiger partial charge in [-0.25, -0.2) is 14.4 Å². The van der Waals surface area contributed by atoms with Crippen molar-refractivity contribution in [1.29, 1.82) is 0 Å². The highest BCUT2D eigenvalue weighted by Gasteiger charge is 2.50. The molecule has 119 heavy (non-hydrogen) atoms. The van der Waals surface area contributed by atoms with Gasteiger partial charge in [0.25, 0.3) is 0 Å². The maximum atomic E-state index is 13.2. The van der Waals surface area contributed by atoms with Gasteiger partial charge in [0.2, 0.25) is 0 Å². The van der Waals surface area contributed by atoms with E-state index in [-0.39, 0.29) is 71.7 Å². The normalized spacial score (nSPS) is 16.3. The van der Waals surface area contributed by atoms with Crippen molar-refractivity contribution >= 4 is 52.4 Å². The molecule has 15 heteroatoms. The molecule has 4 heterocycles. The van der Waals surface area contributed by atoms with Crippen LogP contribution in [0.15, 0.2) is 182 Å². The van der Waals surface area contributed by atoms with Crippen LogP contribution in [0.2, 0.25) is 0 Å². The number of hydrogen-bond acceptors (Lipinski definition) is 12. The monoisotopic (exact) mass is 1610 g/mol. The number of amides is 3. The van der Waals surface area contributed by atoms with E-state index in [1.54, 1.807) is 33.9 Å². The zero-order chi connectivity index (χ0) is 87.6. The molecule has 3 unspecified atom stereocenters. The van der Waals surface area contributed by atoms with Gasteiger partial charge in [0.15, 0.2) is 6.29 Å². The predicted octanol–water partition coefficient (Wildman–Crippen LogP) is 26.2. The Balaban J connectivity index is 0.000000175. The van der Waals surface area contributed by atoms with Crippen molar-refractivity contribution in [2.24, 2.45) is 17.8 Å². The molecule has 3 amide bonds. The van der Waals surface area contributed by atoms with Crippen molar-refractivity contribution < 1.29 is 43.2 Å². The van der Waals surface area contributed by atoms with Crippen LogP contribution in [0.4, 0.5) is 48.5 Å². The minimum atomic E-state index is -0.559. The van der Waals surface area contributed by atoms with Crippen molar-refractivity contribution in [1.82, 2.24) is 0 Å². The van der Waals surface area contributed by atoms with Crippen LogP contribution in [0.1, 0.15) is 245 Å². The molecule has 0 radical (unpaired) electrons. The second kappa shape index (κ2) is 36.5. The van der Waals surface area contributed by atoms with Gasteiger partial charge in [0.05, 0.1) is 29.3 Å². The molecule has 0 spiro atoms. The van der Waals surface area contributed by atoms with Crippen LogP contribution in [0.5, 0.6) is 5.75 Å². The summed E-state index contributed by atoms with van der Waals surface area (Å²) in [4.78, 5) is 51.0. The quantitative estimate of drug-likeness (QED) is 0.104. The molecule has 9 aromatic rings. The van der Waals surface area contributed by atoms with Gasteiger partial charge in [0.1, 0.15) is 22.6 Å². The highest BCUT2D eigenvalue weighted by atomic mass is 16.7. The second-order valence-electron chi connectivity index (χ2n) is 38.7. The van der Waals surface area contributed by atoms with Gasteiger partial charge < -0.3 is 43.5 Å². The number of phenols is 1. The smallest absolute Gasteiger partial charge is 0.415 e. The number of carbonyl (C=O) groups is 3. The number of anilines is 6. The van der Waals surface area contributed by atoms with Crippen LogP contribution in [0, 0.1) is 31.6 Å². The number of nitrogens with zero attached hydrogens (tertiary/aromatic N) is 6. The van der Waals surface area contributed by atoms with Gasteiger partial charge >= 0.3 is 18.3 Å². The van der Waals surface area contributed by atoms with Gasteiger partial charge in [-0.15, -0.1) is 0 Å². The Labute approximate surface area is 713 Å². The van der Waals surface area contributed by atoms with Crippen molar-refractivity contribution in [2.75, 3.05) is 57.6 Å². The van der Waals surface area contributed by atoms with E-state index in [0.717, 1.165) is 64.5 Å². The Morgan fingerprint density at radius 1 is 0.412 bits per heavy atom. The molecule has 13 rings (SSSR count). The first-order valence-corrected chi connectivity index (χ1v) is 42.8. The number of carbonyl (C=O) groups excluding carboxylic acids is 3. The van der Waals surface area contributed by atoms with E-state index in [1.165, 1.54) is 83.5 Å². The van der Waals surface area contributed by atoms with E-state index in [4.69, 9.17) is 23.7 Å². The van der Waals surface area contributed by atoms with E-state index in [0.29, 0.717) is 17.8 Å². The number of rotatable bonds is 14. The van der Waals surface area contributed by atoms with E-state index >= 15 is 0 Å². The molecule has 1 saturated heterocycles. The second-order valence-corrected chi connectivity index (χ2v) is 38.7. The summed E-state index contributed by atoms with van der Waals surface area (Å²) in [5.74, 6) is 1.87. The minimum absolute atomic E-state index is 0.0123. The Kier molecular flexibility index (Phi) is 28.0. The molecule has 0 saturated carbocycles. The Morgan fingerprint density at radius 3 is 1.01 bits per heavy atom. The number of benzene rings is 9. The molecular weight excluding hydrogens is 1480 g/mol. The van der Waals surface area contributed by atoms with Crippen LogP contribution in [0.25, 0.3) is 33.4 Å². The van der Waals surface area contributed by atoms with Gasteiger partial charge in [-0.05, 0) is 278 Å². The molecule has 0 aromatic heterocycles. The van der Waals surface area contributed by atoms with Crippen molar-refractivity contribution in [3.8, 4) is 39.1 Å². The summed E-state index contributed by atoms with van der Waals surface area (Å²) < 4.78 is 28.7. The van der Waals surface area contributed by atoms with Crippen LogP contribution in [0.3, 0.4) is 0 Å². The van der Waals surface area contributed by atoms with E-state index < -0.39 is 16.8 Å². The van der Waals surface area contributed by atoms with Gasteiger partial charge in [-0.1, -0.05) is 193 Å². The summed E-state index contributed by atoms with van der Waals surface area (Å²) >= 11 is 0. The molecule has 636 valence electrons. The predicted molar refractivity (Wildman–Crippen MR) is 495 cm³/mol. The fourth-order valence-electron chi connectivity index (χ4n) is 16.1. The van der Waals surface area contributed by atoms with Crippen LogP contribution in [-0.2, 0) is 42.9 Å². The molecule has 1 fully saturated rings. The molecule has 1 N–H and O–H groups in total. The minimum Gasteiger partial charge on any atom is -0.508 e. The lowest BCUT2D eigenvalue weighted by atomic mass is 9.83. The Bertz CT molecular complexity index is 4820. The number of fused-ring (bicyclic) bond motifs is 9. The number of hydrogen-bond donors (Lipinski definition) is 1. The third-order valence-electron chi connectivity index (χ3n) is 22.7. The van der Waals surface area contributed by atoms with Crippen molar-refractivity contribution in [3.63, 3.8) is 0 Å². The molecule has 15 nitrogen and oxygen atoms in total. The molecule has 9 aromatic carbocycles. The lowest BCUT2D eigenvalue weighted by molar-refractivity contribution is -0.114. The Morgan fingerprint density at radius 2 is 0.706 bits per heavy atom. The fourth-order valence-corrected chi connectivity index (χ4v) is 16.1. The Hall–Kier alpha value is -10.1. The lowest BCUT2D eigenvalue weighted by Gasteiger charge is -2.39. The molecule has 4 aliphatic rings. The number of phenolic OH excluding ortho intramolecular Hbond substituents is 1. The van der Waals surface area contributed by atoms with Crippen molar-refractivity contribution in [3.05, 3.63) is 243 Å². The fraction of sp³-hybridized carbons (Fsp3) is 0.452. The maximum Gasteiger partial charge on any atom is 0.415 e. The summed E-state index contributed by atoms with van der Waals surface area (Å²) in [5.41, 5.74) is 25.0. The van der Waals surface area contributed by atoms with E-state index in [2.05, 4.69) is 271 Å². The molecule has 3 atom stereocenters. The van der Waals surface area contributed by atoms with E-state index in [9.17, 15) is 19.5 Å². The highest BCUT2D eigenvalue weighted by molar-refractivity contribution is 5.96. The number of aryl methyl sites for hydroxylation is 3. The summed E-state index contributed by atoms with van der Waals surface area (Å²) in [5, 5.41) is 9.82. The average molecular weight is 1610 g/mol. The summed E-state index contributed by atoms with van der Waals surface area (Å²) in [6.45, 7) is 53.1. The van der Waals surface area contributed by atoms with Crippen LogP contribution >= 0.6 is 0 Å². The molecule has 4 aliphatic heterocycles. The number of ether oxygens (including phenoxy) is 5. The van der Waals surface area contributed by atoms with Gasteiger partial charge in [0, 0.05) is 97.0 Å². The summed E-state index contributed by atoms with van der Waals surface area (Å²) in [7, 11) is 8.14. The van der Waals surface area contributed by atoms with Crippen LogP contribution < -0.4 is 29.4 Å². The maximum absolute atomic E-state index is 13.2. The summed E-state index contributed by atoms with van der Waals surface area (Å²) in [6.07, 6.45) is 2.00. The zero-order valence-corrected chi connectivity index (χ0v) is 77.0. The molecular formula is C104H136N6O9. The molecule has 0 bridgehead atoms. The summed E-state index contributed by atoms with van der Waals surface area (Å²) in [6, 6.07) is 64.6. The molecule has 0 aliphatic carbocycles. The van der Waals surface area contributed by atoms with Gasteiger partial charge in [-0.3, -0.25) is 14.7 Å². The van der Waals surface area contributed by atoms with Gasteiger partial charge in [-0.2, -0.15) is 0 Å². The SMILES string of the molecule is CC(C)C1OC(C)(C)C(C)(C)O1.CCc1ccc2c(c1)C(c1ccc(O)cc1)N(C)c1cc(N(C)C(=O)OC(C)(C)C)ccc1-2.Cc1ccc(C2c3cc(CC(C)C)ccc3-c3ccc(N(C(=O)OC(C)(C)C)C(C)C)cc3N2C)cc1.Cc1ccc(C2c3cc(CC(C)C)ccc3-c3ccc(N(C(=O)OC(C)(C)C)C(C)C)cc3N2C)cc1. The first kappa shape index (κ1) is 91.2. The largest absolute Gasteiger partial charge is 0.508 e. The number of aromatic hydroxyl groups is 1. The standard InChI is InChI=1S/2C33H42N2O2.C28H32N2O3.C10H20O2/c2*1-21(2)18-24-12-16-27-28-17-15-26(35(22(3)4)32(36)37-33(6,7)8)20-30(28)34(9)31(29(27)19-24)25-13-10-23(5)11-14-25;1-7-18-8-14-22-23-15-11-20(29(5)27(32)33-28(2,3)4)17-25(23)30(6)26(24(22)16-18)19-9-12-21(31)13-10-19;1-7(2)8-11-9(3,4)10(5,6)12-8/h2*10-17,19-22,31H,18H2,1-9H3;8-17,26,31H,7H2,1-6H3;7-8H,1-6H3. The first-order chi connectivity index (χ1) is 55.6. The third-order valence-corrected chi connectivity index (χ3v) is 22.7. The average Bonchev–Trinajstić information content (AvgIpc) is 1.37. The van der Waals surface area contributed by atoms with E-state index in [1.807, 2.05) is 114 Å². The topological polar surface area (TPSA) is 137 Å². The van der Waals surface area contributed by atoms with Crippen LogP contribution in [-0.4, -0.2) is 98.0 Å². The zero-order valence-electron chi connectivity index (χ0n) is 77.0. The lowest BCUT2D eigenvalue weighted by Crippen LogP contribution is -2.41. The highest BCUT2D eigenvalue weighted by Crippen LogP contribution is 2.53. The van der Waals surface area contributed by atoms with Crippen molar-refractivity contribution in [2.45, 2.75) is 264 Å². The first-order valence-electron chi connectivity index (χ1n) is 42.8. The third kappa shape index (κ3) is 21.4.